The Labute approximate surface area is 102 Å². The first-order chi connectivity index (χ1) is 8.42. The Balaban J connectivity index is 2.72. The Hall–Kier alpha value is -0.810. The second kappa shape index (κ2) is 6.38. The minimum absolute atomic E-state index is 0.651. The predicted molar refractivity (Wildman–Crippen MR) is 53.4 cm³/mol. The van der Waals surface area contributed by atoms with Gasteiger partial charge in [0.05, 0.1) is 13.2 Å². The molecule has 6 N–H and O–H groups in total. The number of carboxylic acid groups (broad SMARTS) is 1. The van der Waals surface area contributed by atoms with Crippen LogP contribution in [0.2, 0.25) is 0 Å². The summed E-state index contributed by atoms with van der Waals surface area (Å²) >= 11 is 0. The molecule has 1 heterocycles. The molecular weight excluding hydrogens is 252 g/mol. The van der Waals surface area contributed by atoms with Crippen LogP contribution in [0.3, 0.4) is 0 Å². The minimum Gasteiger partial charge on any atom is -0.479 e. The van der Waals surface area contributed by atoms with Gasteiger partial charge in [-0.3, -0.25) is 0 Å². The smallest absolute Gasteiger partial charge is 0.335 e. The maximum absolute atomic E-state index is 10.6. The SMILES string of the molecule is O=C(O)[C@@H](CO)O[C@H]1OC(CO)[C@@H](O)[C@H](O)C1O. The van der Waals surface area contributed by atoms with Crippen LogP contribution in [0.4, 0.5) is 0 Å². The Morgan fingerprint density at radius 1 is 1.17 bits per heavy atom. The van der Waals surface area contributed by atoms with Crippen LogP contribution >= 0.6 is 0 Å². The van der Waals surface area contributed by atoms with Crippen molar-refractivity contribution in [2.75, 3.05) is 13.2 Å². The number of carboxylic acids is 1. The highest BCUT2D eigenvalue weighted by atomic mass is 16.7. The number of hydrogen-bond donors (Lipinski definition) is 6. The fourth-order valence-corrected chi connectivity index (χ4v) is 1.52. The molecule has 1 saturated heterocycles. The van der Waals surface area contributed by atoms with Crippen molar-refractivity contribution in [2.45, 2.75) is 36.8 Å². The number of hydrogen-bond acceptors (Lipinski definition) is 8. The van der Waals surface area contributed by atoms with E-state index in [-0.39, 0.29) is 0 Å². The van der Waals surface area contributed by atoms with Crippen molar-refractivity contribution in [3.63, 3.8) is 0 Å². The van der Waals surface area contributed by atoms with E-state index in [0.29, 0.717) is 0 Å². The molecule has 9 heteroatoms. The summed E-state index contributed by atoms with van der Waals surface area (Å²) in [6, 6.07) is 0. The molecule has 1 fully saturated rings. The number of rotatable bonds is 5. The lowest BCUT2D eigenvalue weighted by Gasteiger charge is -2.40. The van der Waals surface area contributed by atoms with E-state index in [1.807, 2.05) is 0 Å². The van der Waals surface area contributed by atoms with E-state index in [1.165, 1.54) is 0 Å². The number of ether oxygens (including phenoxy) is 2. The van der Waals surface area contributed by atoms with Crippen LogP contribution in [0.1, 0.15) is 0 Å². The van der Waals surface area contributed by atoms with Crippen LogP contribution in [-0.4, -0.2) is 86.6 Å². The first-order valence-corrected chi connectivity index (χ1v) is 5.22. The molecule has 9 nitrogen and oxygen atoms in total. The summed E-state index contributed by atoms with van der Waals surface area (Å²) < 4.78 is 9.67. The monoisotopic (exact) mass is 268 g/mol. The summed E-state index contributed by atoms with van der Waals surface area (Å²) in [6.07, 6.45) is -9.32. The quantitative estimate of drug-likeness (QED) is 0.294. The molecule has 0 aromatic carbocycles. The zero-order valence-corrected chi connectivity index (χ0v) is 9.29. The van der Waals surface area contributed by atoms with E-state index in [1.54, 1.807) is 0 Å². The molecule has 0 saturated carbocycles. The van der Waals surface area contributed by atoms with Crippen LogP contribution in [-0.2, 0) is 14.3 Å². The van der Waals surface area contributed by atoms with Crippen molar-refractivity contribution in [3.05, 3.63) is 0 Å². The third-order valence-electron chi connectivity index (χ3n) is 2.59. The maximum Gasteiger partial charge on any atom is 0.335 e. The van der Waals surface area contributed by atoms with E-state index in [2.05, 4.69) is 0 Å². The summed E-state index contributed by atoms with van der Waals surface area (Å²) in [5, 5.41) is 54.7. The van der Waals surface area contributed by atoms with Gasteiger partial charge < -0.3 is 40.1 Å². The second-order valence-electron chi connectivity index (χ2n) is 3.84. The second-order valence-corrected chi connectivity index (χ2v) is 3.84. The van der Waals surface area contributed by atoms with Gasteiger partial charge in [0, 0.05) is 0 Å². The molecule has 6 atom stereocenters. The molecule has 1 aliphatic rings. The lowest BCUT2D eigenvalue weighted by molar-refractivity contribution is -0.311. The van der Waals surface area contributed by atoms with E-state index in [4.69, 9.17) is 24.8 Å². The number of aliphatic carboxylic acids is 1. The van der Waals surface area contributed by atoms with Crippen LogP contribution in [0.25, 0.3) is 0 Å². The van der Waals surface area contributed by atoms with Gasteiger partial charge in [0.2, 0.25) is 0 Å². The average Bonchev–Trinajstić information content (AvgIpc) is 2.35. The summed E-state index contributed by atoms with van der Waals surface area (Å²) in [7, 11) is 0. The van der Waals surface area contributed by atoms with E-state index < -0.39 is 56.0 Å². The molecule has 0 aromatic heterocycles. The van der Waals surface area contributed by atoms with Crippen molar-refractivity contribution in [2.24, 2.45) is 0 Å². The molecule has 106 valence electrons. The highest BCUT2D eigenvalue weighted by molar-refractivity contribution is 5.72. The first kappa shape index (κ1) is 15.2. The Kier molecular flexibility index (Phi) is 5.41. The minimum atomic E-state index is -1.70. The van der Waals surface area contributed by atoms with Crippen LogP contribution in [0.5, 0.6) is 0 Å². The van der Waals surface area contributed by atoms with Crippen molar-refractivity contribution in [1.82, 2.24) is 0 Å². The summed E-state index contributed by atoms with van der Waals surface area (Å²) in [6.45, 7) is -1.51. The molecule has 2 unspecified atom stereocenters. The van der Waals surface area contributed by atoms with Crippen molar-refractivity contribution in [3.8, 4) is 0 Å². The molecule has 0 radical (unpaired) electrons. The van der Waals surface area contributed by atoms with Gasteiger partial charge in [-0.1, -0.05) is 0 Å². The summed E-state index contributed by atoms with van der Waals surface area (Å²) in [5.74, 6) is -1.48. The highest BCUT2D eigenvalue weighted by Gasteiger charge is 2.45. The topological polar surface area (TPSA) is 157 Å². The molecule has 0 bridgehead atoms. The molecular formula is C9H16O9. The van der Waals surface area contributed by atoms with Crippen molar-refractivity contribution in [1.29, 1.82) is 0 Å². The lowest BCUT2D eigenvalue weighted by atomic mass is 9.99. The van der Waals surface area contributed by atoms with Crippen molar-refractivity contribution < 1.29 is 44.9 Å². The Bertz CT molecular complexity index is 281. The molecule has 1 aliphatic heterocycles. The van der Waals surface area contributed by atoms with E-state index in [9.17, 15) is 20.1 Å². The summed E-state index contributed by atoms with van der Waals surface area (Å²) in [4.78, 5) is 10.6. The number of aliphatic hydroxyl groups excluding tert-OH is 5. The molecule has 18 heavy (non-hydrogen) atoms. The maximum atomic E-state index is 10.6. The van der Waals surface area contributed by atoms with Gasteiger partial charge >= 0.3 is 5.97 Å². The fraction of sp³-hybridized carbons (Fsp3) is 0.889. The molecule has 0 aromatic rings. The Morgan fingerprint density at radius 3 is 2.22 bits per heavy atom. The summed E-state index contributed by atoms with van der Waals surface area (Å²) in [5.41, 5.74) is 0. The van der Waals surface area contributed by atoms with Crippen LogP contribution < -0.4 is 0 Å². The lowest BCUT2D eigenvalue weighted by Crippen LogP contribution is -2.60. The average molecular weight is 268 g/mol. The van der Waals surface area contributed by atoms with Crippen molar-refractivity contribution >= 4 is 5.97 Å². The highest BCUT2D eigenvalue weighted by Crippen LogP contribution is 2.22. The van der Waals surface area contributed by atoms with Gasteiger partial charge in [0.15, 0.2) is 12.4 Å². The first-order valence-electron chi connectivity index (χ1n) is 5.22. The van der Waals surface area contributed by atoms with Crippen LogP contribution in [0, 0.1) is 0 Å². The van der Waals surface area contributed by atoms with Gasteiger partial charge in [0.1, 0.15) is 24.4 Å². The van der Waals surface area contributed by atoms with Gasteiger partial charge in [0.25, 0.3) is 0 Å². The van der Waals surface area contributed by atoms with Gasteiger partial charge in [-0.25, -0.2) is 4.79 Å². The van der Waals surface area contributed by atoms with E-state index in [0.717, 1.165) is 0 Å². The fourth-order valence-electron chi connectivity index (χ4n) is 1.52. The number of carbonyl (C=O) groups is 1. The molecule has 1 rings (SSSR count). The van der Waals surface area contributed by atoms with E-state index >= 15 is 0 Å². The third kappa shape index (κ3) is 3.14. The zero-order valence-electron chi connectivity index (χ0n) is 9.29. The molecule has 0 aliphatic carbocycles. The number of aliphatic hydroxyl groups is 5. The molecule has 0 spiro atoms. The standard InChI is InChI=1S/C9H16O9/c10-1-3-5(12)6(13)7(14)9(17-3)18-4(2-11)8(15)16/h3-7,9-14H,1-2H2,(H,15,16)/t3?,4-,5-,6+,7?,9-/m1/s1. The third-order valence-corrected chi connectivity index (χ3v) is 2.59. The Morgan fingerprint density at radius 2 is 1.78 bits per heavy atom. The van der Waals surface area contributed by atoms with Gasteiger partial charge in [-0.05, 0) is 0 Å². The van der Waals surface area contributed by atoms with Gasteiger partial charge in [-0.15, -0.1) is 0 Å². The van der Waals surface area contributed by atoms with Gasteiger partial charge in [-0.2, -0.15) is 0 Å². The van der Waals surface area contributed by atoms with Crippen LogP contribution in [0.15, 0.2) is 0 Å². The molecule has 0 amide bonds. The largest absolute Gasteiger partial charge is 0.479 e. The predicted octanol–water partition coefficient (Wildman–Crippen LogP) is -3.75. The normalized spacial score (nSPS) is 38.4. The zero-order chi connectivity index (χ0) is 13.9.